The van der Waals surface area contributed by atoms with Crippen molar-refractivity contribution >= 4 is 22.7 Å². The molecule has 0 aromatic rings. The number of hydrogen-bond acceptors (Lipinski definition) is 7. The minimum absolute atomic E-state index is 0.191. The van der Waals surface area contributed by atoms with Crippen LogP contribution in [0.3, 0.4) is 0 Å². The summed E-state index contributed by atoms with van der Waals surface area (Å²) >= 11 is 0. The van der Waals surface area contributed by atoms with Crippen molar-refractivity contribution in [1.29, 1.82) is 0 Å². The molecule has 186 valence electrons. The highest BCUT2D eigenvalue weighted by molar-refractivity contribution is 7.82. The normalized spacial score (nSPS) is 15.0. The topological polar surface area (TPSA) is 85.3 Å². The van der Waals surface area contributed by atoms with Crippen LogP contribution >= 0.6 is 0 Å². The van der Waals surface area contributed by atoms with E-state index in [0.29, 0.717) is 25.9 Å². The van der Waals surface area contributed by atoms with Gasteiger partial charge in [-0.3, -0.25) is 9.79 Å². The summed E-state index contributed by atoms with van der Waals surface area (Å²) in [5, 5.41) is 0. The molecule has 8 heteroatoms. The van der Waals surface area contributed by atoms with Crippen molar-refractivity contribution in [2.45, 2.75) is 104 Å². The quantitative estimate of drug-likeness (QED) is 0.165. The summed E-state index contributed by atoms with van der Waals surface area (Å²) in [6.07, 6.45) is 21.8. The number of rotatable bonds is 20. The monoisotopic (exact) mass is 472 g/mol. The van der Waals surface area contributed by atoms with Crippen LogP contribution in [0.25, 0.3) is 0 Å². The van der Waals surface area contributed by atoms with Crippen LogP contribution in [0.2, 0.25) is 0 Å². The number of hydrogen-bond donors (Lipinski definition) is 0. The Bertz CT molecular complexity index is 649. The van der Waals surface area contributed by atoms with Crippen molar-refractivity contribution in [1.82, 2.24) is 4.90 Å². The van der Waals surface area contributed by atoms with Crippen LogP contribution in [0.15, 0.2) is 17.1 Å². The maximum absolute atomic E-state index is 12.2. The molecule has 0 N–H and O–H groups in total. The van der Waals surface area contributed by atoms with E-state index in [0.717, 1.165) is 32.1 Å². The van der Waals surface area contributed by atoms with Gasteiger partial charge in [0.2, 0.25) is 0 Å². The number of unbranched alkanes of at least 4 members (excludes halogenated alkanes) is 10. The van der Waals surface area contributed by atoms with Crippen molar-refractivity contribution in [2.24, 2.45) is 10.9 Å². The summed E-state index contributed by atoms with van der Waals surface area (Å²) in [4.78, 5) is 17.8. The molecule has 1 heterocycles. The van der Waals surface area contributed by atoms with Gasteiger partial charge in [0.1, 0.15) is 6.73 Å². The van der Waals surface area contributed by atoms with E-state index in [1.54, 1.807) is 4.90 Å². The van der Waals surface area contributed by atoms with E-state index in [-0.39, 0.29) is 6.73 Å². The SMILES string of the molecule is CCCCCCCCC=CCCCCCCC(CC)C(=O)OS(=O)(=O)OCN1C=NCC1. The number of aliphatic imine (C=N–C) groups is 1. The molecule has 1 unspecified atom stereocenters. The molecule has 0 spiro atoms. The molecule has 0 saturated heterocycles. The third kappa shape index (κ3) is 14.6. The van der Waals surface area contributed by atoms with E-state index in [2.05, 4.69) is 28.3 Å². The Morgan fingerprint density at radius 1 is 1.00 bits per heavy atom. The molecule has 0 bridgehead atoms. The first kappa shape index (κ1) is 28.6. The molecule has 0 aromatic carbocycles. The minimum atomic E-state index is -4.34. The van der Waals surface area contributed by atoms with Crippen LogP contribution in [0, 0.1) is 5.92 Å². The fraction of sp³-hybridized carbons (Fsp3) is 0.833. The summed E-state index contributed by atoms with van der Waals surface area (Å²) in [6, 6.07) is 0. The van der Waals surface area contributed by atoms with Crippen molar-refractivity contribution in [3.63, 3.8) is 0 Å². The zero-order chi connectivity index (χ0) is 23.5. The molecule has 0 fully saturated rings. The molecule has 1 rings (SSSR count). The van der Waals surface area contributed by atoms with Gasteiger partial charge in [-0.2, -0.15) is 8.42 Å². The molecule has 0 radical (unpaired) electrons. The van der Waals surface area contributed by atoms with E-state index in [1.807, 2.05) is 6.92 Å². The average molecular weight is 473 g/mol. The lowest BCUT2D eigenvalue weighted by Crippen LogP contribution is -2.28. The fourth-order valence-electron chi connectivity index (χ4n) is 3.61. The minimum Gasteiger partial charge on any atom is -0.337 e. The summed E-state index contributed by atoms with van der Waals surface area (Å²) < 4.78 is 33.2. The van der Waals surface area contributed by atoms with E-state index >= 15 is 0 Å². The van der Waals surface area contributed by atoms with Crippen molar-refractivity contribution < 1.29 is 21.6 Å². The second kappa shape index (κ2) is 18.1. The summed E-state index contributed by atoms with van der Waals surface area (Å²) in [6.45, 7) is 5.13. The third-order valence-electron chi connectivity index (χ3n) is 5.70. The highest BCUT2D eigenvalue weighted by Gasteiger charge is 2.25. The van der Waals surface area contributed by atoms with Gasteiger partial charge in [0.25, 0.3) is 0 Å². The smallest absolute Gasteiger partial charge is 0.337 e. The summed E-state index contributed by atoms with van der Waals surface area (Å²) in [7, 11) is -4.34. The van der Waals surface area contributed by atoms with Crippen molar-refractivity contribution in [3.05, 3.63) is 12.2 Å². The standard InChI is InChI=1S/C24H44N2O5S/c1-3-5-6-7-8-9-10-11-12-13-14-15-16-17-18-23(4-2)24(27)31-32(28,29)30-22-26-20-19-25-21-26/h11-12,21,23H,3-10,13-20,22H2,1-2H3. The van der Waals surface area contributed by atoms with Crippen LogP contribution in [0.4, 0.5) is 0 Å². The largest absolute Gasteiger partial charge is 0.453 e. The van der Waals surface area contributed by atoms with Gasteiger partial charge < -0.3 is 9.08 Å². The van der Waals surface area contributed by atoms with Crippen LogP contribution in [0.1, 0.15) is 104 Å². The number of carbonyl (C=O) groups excluding carboxylic acids is 1. The Morgan fingerprint density at radius 2 is 1.62 bits per heavy atom. The Morgan fingerprint density at radius 3 is 2.22 bits per heavy atom. The zero-order valence-electron chi connectivity index (χ0n) is 20.2. The maximum Gasteiger partial charge on any atom is 0.453 e. The first-order valence-electron chi connectivity index (χ1n) is 12.5. The predicted octanol–water partition coefficient (Wildman–Crippen LogP) is 5.77. The zero-order valence-corrected chi connectivity index (χ0v) is 21.0. The Balaban J connectivity index is 2.06. The second-order valence-corrected chi connectivity index (χ2v) is 9.74. The maximum atomic E-state index is 12.2. The van der Waals surface area contributed by atoms with Gasteiger partial charge in [0.15, 0.2) is 0 Å². The van der Waals surface area contributed by atoms with E-state index in [1.165, 1.54) is 51.3 Å². The summed E-state index contributed by atoms with van der Waals surface area (Å²) in [5.74, 6) is -1.14. The highest BCUT2D eigenvalue weighted by Crippen LogP contribution is 2.18. The van der Waals surface area contributed by atoms with E-state index in [4.69, 9.17) is 4.18 Å². The van der Waals surface area contributed by atoms with Crippen LogP contribution in [-0.2, 0) is 23.6 Å². The van der Waals surface area contributed by atoms with Gasteiger partial charge in [-0.25, -0.2) is 4.18 Å². The lowest BCUT2D eigenvalue weighted by atomic mass is 9.98. The Labute approximate surface area is 196 Å². The van der Waals surface area contributed by atoms with Crippen molar-refractivity contribution in [3.8, 4) is 0 Å². The molecule has 1 aliphatic rings. The predicted molar refractivity (Wildman–Crippen MR) is 130 cm³/mol. The molecule has 0 aromatic heterocycles. The summed E-state index contributed by atoms with van der Waals surface area (Å²) in [5.41, 5.74) is 0. The third-order valence-corrected chi connectivity index (χ3v) is 6.46. The molecule has 1 aliphatic heterocycles. The fourth-order valence-corrected chi connectivity index (χ4v) is 4.26. The highest BCUT2D eigenvalue weighted by atomic mass is 32.3. The lowest BCUT2D eigenvalue weighted by Gasteiger charge is -2.16. The van der Waals surface area contributed by atoms with Gasteiger partial charge in [-0.1, -0.05) is 77.4 Å². The van der Waals surface area contributed by atoms with Gasteiger partial charge >= 0.3 is 16.4 Å². The lowest BCUT2D eigenvalue weighted by molar-refractivity contribution is -0.139. The molecular weight excluding hydrogens is 428 g/mol. The average Bonchev–Trinajstić information content (AvgIpc) is 3.29. The van der Waals surface area contributed by atoms with Gasteiger partial charge in [-0.05, 0) is 38.5 Å². The van der Waals surface area contributed by atoms with Crippen molar-refractivity contribution in [2.75, 3.05) is 19.8 Å². The van der Waals surface area contributed by atoms with Gasteiger partial charge in [0.05, 0.1) is 18.8 Å². The number of carbonyl (C=O) groups is 1. The van der Waals surface area contributed by atoms with Crippen LogP contribution < -0.4 is 0 Å². The molecule has 0 amide bonds. The Hall–Kier alpha value is -1.41. The van der Waals surface area contributed by atoms with Gasteiger partial charge in [0, 0.05) is 6.54 Å². The number of allylic oxidation sites excluding steroid dienone is 2. The first-order chi connectivity index (χ1) is 15.5. The number of nitrogens with zero attached hydrogens (tertiary/aromatic N) is 2. The van der Waals surface area contributed by atoms with E-state index in [9.17, 15) is 13.2 Å². The molecular formula is C24H44N2O5S. The molecule has 0 aliphatic carbocycles. The molecule has 1 atom stereocenters. The van der Waals surface area contributed by atoms with Gasteiger partial charge in [-0.15, -0.1) is 0 Å². The molecule has 0 saturated carbocycles. The molecule has 32 heavy (non-hydrogen) atoms. The van der Waals surface area contributed by atoms with Crippen LogP contribution in [-0.4, -0.2) is 45.4 Å². The Kier molecular flexibility index (Phi) is 16.2. The van der Waals surface area contributed by atoms with E-state index < -0.39 is 22.3 Å². The second-order valence-electron chi connectivity index (χ2n) is 8.52. The molecule has 7 nitrogen and oxygen atoms in total. The van der Waals surface area contributed by atoms with Crippen LogP contribution in [0.5, 0.6) is 0 Å². The first-order valence-corrected chi connectivity index (χ1v) is 13.8.